The molecule has 0 aliphatic heterocycles. The second-order valence-electron chi connectivity index (χ2n) is 5.76. The Balaban J connectivity index is 1.52. The maximum atomic E-state index is 12.1. The third-order valence-electron chi connectivity index (χ3n) is 3.98. The third-order valence-corrected chi connectivity index (χ3v) is 3.98. The molecule has 1 aromatic heterocycles. The van der Waals surface area contributed by atoms with Gasteiger partial charge in [-0.05, 0) is 54.4 Å². The van der Waals surface area contributed by atoms with Crippen molar-refractivity contribution in [1.82, 2.24) is 4.98 Å². The number of para-hydroxylation sites is 1. The van der Waals surface area contributed by atoms with Crippen LogP contribution in [0.3, 0.4) is 0 Å². The highest BCUT2D eigenvalue weighted by molar-refractivity contribution is 6.04. The highest BCUT2D eigenvalue weighted by Crippen LogP contribution is 2.19. The van der Waals surface area contributed by atoms with Gasteiger partial charge in [0, 0.05) is 30.3 Å². The average molecular weight is 347 g/mol. The van der Waals surface area contributed by atoms with Gasteiger partial charge in [0.25, 0.3) is 5.91 Å². The Hall–Kier alpha value is -3.34. The van der Waals surface area contributed by atoms with Crippen LogP contribution in [0.15, 0.2) is 73.1 Å². The number of ether oxygens (including phenoxy) is 1. The number of nitrogens with zero attached hydrogens (tertiary/aromatic N) is 1. The van der Waals surface area contributed by atoms with Crippen LogP contribution < -0.4 is 15.4 Å². The number of amides is 1. The molecule has 2 aromatic carbocycles. The predicted molar refractivity (Wildman–Crippen MR) is 104 cm³/mol. The van der Waals surface area contributed by atoms with E-state index in [1.54, 1.807) is 31.6 Å². The Kier molecular flexibility index (Phi) is 5.83. The summed E-state index contributed by atoms with van der Waals surface area (Å²) in [6.07, 6.45) is 4.05. The summed E-state index contributed by atoms with van der Waals surface area (Å²) >= 11 is 0. The predicted octanol–water partition coefficient (Wildman–Crippen LogP) is 4.00. The third kappa shape index (κ3) is 4.60. The smallest absolute Gasteiger partial charge is 0.257 e. The van der Waals surface area contributed by atoms with Gasteiger partial charge in [-0.15, -0.1) is 0 Å². The van der Waals surface area contributed by atoms with E-state index >= 15 is 0 Å². The van der Waals surface area contributed by atoms with Gasteiger partial charge in [0.2, 0.25) is 0 Å². The number of carbonyl (C=O) groups is 1. The Labute approximate surface area is 153 Å². The molecule has 2 N–H and O–H groups in total. The molecule has 132 valence electrons. The highest BCUT2D eigenvalue weighted by Gasteiger charge is 2.05. The van der Waals surface area contributed by atoms with E-state index in [1.165, 1.54) is 5.56 Å². The molecule has 0 aliphatic rings. The lowest BCUT2D eigenvalue weighted by Crippen LogP contribution is -2.12. The zero-order chi connectivity index (χ0) is 18.2. The summed E-state index contributed by atoms with van der Waals surface area (Å²) in [5.74, 6) is 0.734. The fraction of sp³-hybridized carbons (Fsp3) is 0.143. The van der Waals surface area contributed by atoms with Crippen molar-refractivity contribution in [3.63, 3.8) is 0 Å². The van der Waals surface area contributed by atoms with Crippen LogP contribution >= 0.6 is 0 Å². The Morgan fingerprint density at radius 3 is 2.50 bits per heavy atom. The normalized spacial score (nSPS) is 10.2. The number of hydrogen-bond donors (Lipinski definition) is 2. The van der Waals surface area contributed by atoms with E-state index in [0.29, 0.717) is 5.56 Å². The van der Waals surface area contributed by atoms with Crippen LogP contribution in [0, 0.1) is 0 Å². The summed E-state index contributed by atoms with van der Waals surface area (Å²) < 4.78 is 5.36. The molecule has 0 radical (unpaired) electrons. The van der Waals surface area contributed by atoms with Gasteiger partial charge in [-0.3, -0.25) is 9.78 Å². The molecule has 5 nitrogen and oxygen atoms in total. The molecule has 0 saturated carbocycles. The standard InChI is InChI=1S/C21H21N3O2/c1-26-20-7-3-2-5-16(20)12-14-23-18-8-10-19(11-9-18)24-21(25)17-6-4-13-22-15-17/h2-11,13,15,23H,12,14H2,1H3,(H,24,25). The summed E-state index contributed by atoms with van der Waals surface area (Å²) in [5.41, 5.74) is 3.45. The first-order valence-corrected chi connectivity index (χ1v) is 8.43. The minimum atomic E-state index is -0.171. The minimum absolute atomic E-state index is 0.171. The van der Waals surface area contributed by atoms with Crippen molar-refractivity contribution in [2.45, 2.75) is 6.42 Å². The molecule has 0 unspecified atom stereocenters. The van der Waals surface area contributed by atoms with Crippen molar-refractivity contribution >= 4 is 17.3 Å². The lowest BCUT2D eigenvalue weighted by atomic mass is 10.1. The Morgan fingerprint density at radius 1 is 1.00 bits per heavy atom. The zero-order valence-corrected chi connectivity index (χ0v) is 14.6. The van der Waals surface area contributed by atoms with Crippen LogP contribution in [0.2, 0.25) is 0 Å². The van der Waals surface area contributed by atoms with E-state index in [0.717, 1.165) is 30.1 Å². The van der Waals surface area contributed by atoms with Gasteiger partial charge >= 0.3 is 0 Å². The Bertz CT molecular complexity index is 849. The maximum absolute atomic E-state index is 12.1. The zero-order valence-electron chi connectivity index (χ0n) is 14.6. The van der Waals surface area contributed by atoms with Crippen molar-refractivity contribution in [1.29, 1.82) is 0 Å². The quantitative estimate of drug-likeness (QED) is 0.678. The van der Waals surface area contributed by atoms with Crippen LogP contribution in [0.25, 0.3) is 0 Å². The van der Waals surface area contributed by atoms with Crippen LogP contribution in [-0.2, 0) is 6.42 Å². The number of pyridine rings is 1. The molecule has 1 heterocycles. The Morgan fingerprint density at radius 2 is 1.77 bits per heavy atom. The molecule has 3 rings (SSSR count). The van der Waals surface area contributed by atoms with E-state index in [9.17, 15) is 4.79 Å². The molecule has 1 amide bonds. The van der Waals surface area contributed by atoms with Crippen molar-refractivity contribution in [2.24, 2.45) is 0 Å². The summed E-state index contributed by atoms with van der Waals surface area (Å²) in [6, 6.07) is 19.1. The highest BCUT2D eigenvalue weighted by atomic mass is 16.5. The van der Waals surface area contributed by atoms with Crippen molar-refractivity contribution in [3.05, 3.63) is 84.2 Å². The molecule has 0 saturated heterocycles. The molecule has 5 heteroatoms. The number of methoxy groups -OCH3 is 1. The van der Waals surface area contributed by atoms with Gasteiger partial charge in [-0.1, -0.05) is 18.2 Å². The summed E-state index contributed by atoms with van der Waals surface area (Å²) in [4.78, 5) is 16.1. The molecular weight excluding hydrogens is 326 g/mol. The number of anilines is 2. The van der Waals surface area contributed by atoms with E-state index in [-0.39, 0.29) is 5.91 Å². The number of benzene rings is 2. The SMILES string of the molecule is COc1ccccc1CCNc1ccc(NC(=O)c2cccnc2)cc1. The van der Waals surface area contributed by atoms with Crippen LogP contribution in [0.5, 0.6) is 5.75 Å². The molecule has 0 aliphatic carbocycles. The fourth-order valence-corrected chi connectivity index (χ4v) is 2.62. The van der Waals surface area contributed by atoms with Crippen LogP contribution in [-0.4, -0.2) is 24.5 Å². The van der Waals surface area contributed by atoms with Gasteiger partial charge in [0.1, 0.15) is 5.75 Å². The van der Waals surface area contributed by atoms with Crippen LogP contribution in [0.1, 0.15) is 15.9 Å². The molecule has 0 spiro atoms. The van der Waals surface area contributed by atoms with Crippen LogP contribution in [0.4, 0.5) is 11.4 Å². The van der Waals surface area contributed by atoms with Gasteiger partial charge < -0.3 is 15.4 Å². The molecule has 0 atom stereocenters. The largest absolute Gasteiger partial charge is 0.496 e. The number of aromatic nitrogens is 1. The monoisotopic (exact) mass is 347 g/mol. The average Bonchev–Trinajstić information content (AvgIpc) is 2.70. The lowest BCUT2D eigenvalue weighted by Gasteiger charge is -2.10. The fourth-order valence-electron chi connectivity index (χ4n) is 2.62. The van der Waals surface area contributed by atoms with E-state index in [4.69, 9.17) is 4.74 Å². The second-order valence-corrected chi connectivity index (χ2v) is 5.76. The summed E-state index contributed by atoms with van der Waals surface area (Å²) in [7, 11) is 1.69. The van der Waals surface area contributed by atoms with E-state index < -0.39 is 0 Å². The maximum Gasteiger partial charge on any atom is 0.257 e. The topological polar surface area (TPSA) is 63.2 Å². The first kappa shape index (κ1) is 17.5. The van der Waals surface area contributed by atoms with Crippen molar-refractivity contribution in [3.8, 4) is 5.75 Å². The molecule has 0 fully saturated rings. The van der Waals surface area contributed by atoms with Gasteiger partial charge in [0.05, 0.1) is 12.7 Å². The molecule has 0 bridgehead atoms. The summed E-state index contributed by atoms with van der Waals surface area (Å²) in [5, 5.41) is 6.24. The minimum Gasteiger partial charge on any atom is -0.496 e. The number of carbonyl (C=O) groups excluding carboxylic acids is 1. The van der Waals surface area contributed by atoms with E-state index in [2.05, 4.69) is 21.7 Å². The second kappa shape index (κ2) is 8.67. The van der Waals surface area contributed by atoms with Crippen molar-refractivity contribution in [2.75, 3.05) is 24.3 Å². The first-order valence-electron chi connectivity index (χ1n) is 8.43. The molecular formula is C21H21N3O2. The number of rotatable bonds is 7. The van der Waals surface area contributed by atoms with Gasteiger partial charge in [0.15, 0.2) is 0 Å². The first-order chi connectivity index (χ1) is 12.8. The molecule has 26 heavy (non-hydrogen) atoms. The molecule has 3 aromatic rings. The van der Waals surface area contributed by atoms with Gasteiger partial charge in [-0.25, -0.2) is 0 Å². The van der Waals surface area contributed by atoms with Crippen molar-refractivity contribution < 1.29 is 9.53 Å². The number of hydrogen-bond acceptors (Lipinski definition) is 4. The number of nitrogens with one attached hydrogen (secondary N) is 2. The lowest BCUT2D eigenvalue weighted by molar-refractivity contribution is 0.102. The summed E-state index contributed by atoms with van der Waals surface area (Å²) in [6.45, 7) is 0.793. The van der Waals surface area contributed by atoms with Gasteiger partial charge in [-0.2, -0.15) is 0 Å². The van der Waals surface area contributed by atoms with E-state index in [1.807, 2.05) is 42.5 Å².